The second kappa shape index (κ2) is 12.6. The number of fused-ring (bicyclic) bond motifs is 1. The number of carboxylic acid groups (broad SMARTS) is 1. The number of carbonyl (C=O) groups excluding carboxylic acids is 1. The van der Waals surface area contributed by atoms with E-state index in [1.807, 2.05) is 49.4 Å². The molecule has 1 saturated carbocycles. The monoisotopic (exact) mass is 581 g/mol. The van der Waals surface area contributed by atoms with Gasteiger partial charge in [0.1, 0.15) is 30.1 Å². The van der Waals surface area contributed by atoms with E-state index in [1.165, 1.54) is 0 Å². The molecule has 43 heavy (non-hydrogen) atoms. The molecule has 11 heteroatoms. The SMILES string of the molecule is Cc1c(NCC(NC(=O)OCc2ccccc2)C(=O)O)nc(C2CC2)nc1N1CCC(c2ccc3cccnc3n2)CC1. The fourth-order valence-corrected chi connectivity index (χ4v) is 5.41. The molecule has 3 aromatic heterocycles. The van der Waals surface area contributed by atoms with E-state index in [-0.39, 0.29) is 13.2 Å². The van der Waals surface area contributed by atoms with Gasteiger partial charge in [-0.15, -0.1) is 0 Å². The van der Waals surface area contributed by atoms with Crippen LogP contribution in [0.4, 0.5) is 16.4 Å². The Labute approximate surface area is 249 Å². The average molecular weight is 582 g/mol. The number of carbonyl (C=O) groups is 2. The summed E-state index contributed by atoms with van der Waals surface area (Å²) in [4.78, 5) is 45.6. The van der Waals surface area contributed by atoms with Gasteiger partial charge in [-0.3, -0.25) is 0 Å². The van der Waals surface area contributed by atoms with Gasteiger partial charge in [0.2, 0.25) is 0 Å². The number of alkyl carbamates (subject to hydrolysis) is 1. The van der Waals surface area contributed by atoms with Crippen molar-refractivity contribution in [3.05, 3.63) is 83.4 Å². The van der Waals surface area contributed by atoms with Crippen molar-refractivity contribution in [2.75, 3.05) is 29.9 Å². The van der Waals surface area contributed by atoms with Gasteiger partial charge in [-0.1, -0.05) is 30.3 Å². The highest BCUT2D eigenvalue weighted by Crippen LogP contribution is 2.41. The molecule has 0 radical (unpaired) electrons. The Morgan fingerprint density at radius 2 is 1.77 bits per heavy atom. The normalized spacial score (nSPS) is 16.1. The molecular weight excluding hydrogens is 546 g/mol. The quantitative estimate of drug-likeness (QED) is 0.239. The van der Waals surface area contributed by atoms with Crippen LogP contribution in [0.3, 0.4) is 0 Å². The third kappa shape index (κ3) is 6.82. The van der Waals surface area contributed by atoms with E-state index in [0.29, 0.717) is 17.7 Å². The number of amides is 1. The van der Waals surface area contributed by atoms with Gasteiger partial charge in [0.15, 0.2) is 5.65 Å². The highest BCUT2D eigenvalue weighted by Gasteiger charge is 2.31. The lowest BCUT2D eigenvalue weighted by Gasteiger charge is -2.34. The molecule has 4 heterocycles. The molecule has 1 saturated heterocycles. The van der Waals surface area contributed by atoms with Crippen molar-refractivity contribution in [3.8, 4) is 0 Å². The maximum absolute atomic E-state index is 12.4. The molecule has 0 bridgehead atoms. The number of hydrogen-bond acceptors (Lipinski definition) is 9. The van der Waals surface area contributed by atoms with Crippen molar-refractivity contribution in [2.24, 2.45) is 0 Å². The van der Waals surface area contributed by atoms with Crippen LogP contribution in [0.15, 0.2) is 60.8 Å². The smallest absolute Gasteiger partial charge is 0.408 e. The Hall–Kier alpha value is -4.80. The number of benzene rings is 1. The van der Waals surface area contributed by atoms with Crippen LogP contribution in [-0.2, 0) is 16.1 Å². The summed E-state index contributed by atoms with van der Waals surface area (Å²) in [6, 6.07) is 16.2. The highest BCUT2D eigenvalue weighted by molar-refractivity contribution is 5.80. The van der Waals surface area contributed by atoms with Gasteiger partial charge in [-0.2, -0.15) is 0 Å². The van der Waals surface area contributed by atoms with Crippen LogP contribution >= 0.6 is 0 Å². The summed E-state index contributed by atoms with van der Waals surface area (Å²) in [5.74, 6) is 1.71. The first-order valence-electron chi connectivity index (χ1n) is 14.7. The summed E-state index contributed by atoms with van der Waals surface area (Å²) in [5, 5.41) is 16.5. The standard InChI is InChI=1S/C32H35N7O4/c1-20-27(34-18-26(31(40)41)36-32(42)43-19-21-6-3-2-4-7-21)37-29(24-9-10-24)38-30(20)39-16-13-22(14-17-39)25-12-11-23-8-5-15-33-28(23)35-25/h2-8,11-12,15,22,24,26H,9-10,13-14,16-19H2,1H3,(H,36,42)(H,40,41)(H,34,37,38). The summed E-state index contributed by atoms with van der Waals surface area (Å²) in [7, 11) is 0. The van der Waals surface area contributed by atoms with Gasteiger partial charge in [0, 0.05) is 54.3 Å². The van der Waals surface area contributed by atoms with E-state index in [0.717, 1.165) is 78.3 Å². The largest absolute Gasteiger partial charge is 0.480 e. The molecule has 6 rings (SSSR count). The molecule has 1 aliphatic carbocycles. The maximum Gasteiger partial charge on any atom is 0.408 e. The Balaban J connectivity index is 1.11. The first kappa shape index (κ1) is 28.3. The molecule has 222 valence electrons. The summed E-state index contributed by atoms with van der Waals surface area (Å²) in [6.07, 6.45) is 4.93. The Kier molecular flexibility index (Phi) is 8.30. The van der Waals surface area contributed by atoms with Gasteiger partial charge < -0.3 is 25.4 Å². The van der Waals surface area contributed by atoms with E-state index in [4.69, 9.17) is 19.7 Å². The van der Waals surface area contributed by atoms with Crippen LogP contribution in [0, 0.1) is 6.92 Å². The molecule has 1 amide bonds. The second-order valence-electron chi connectivity index (χ2n) is 11.2. The van der Waals surface area contributed by atoms with Gasteiger partial charge >= 0.3 is 12.1 Å². The molecule has 3 N–H and O–H groups in total. The van der Waals surface area contributed by atoms with E-state index in [1.54, 1.807) is 6.20 Å². The average Bonchev–Trinajstić information content (AvgIpc) is 3.89. The van der Waals surface area contributed by atoms with Crippen molar-refractivity contribution in [2.45, 2.75) is 57.1 Å². The number of aromatic nitrogens is 4. The van der Waals surface area contributed by atoms with Gasteiger partial charge in [0.05, 0.1) is 0 Å². The van der Waals surface area contributed by atoms with E-state index in [9.17, 15) is 14.7 Å². The minimum atomic E-state index is -1.20. The molecule has 2 aliphatic rings. The molecule has 0 spiro atoms. The maximum atomic E-state index is 12.4. The molecule has 4 aromatic rings. The molecule has 1 unspecified atom stereocenters. The zero-order chi connectivity index (χ0) is 29.8. The van der Waals surface area contributed by atoms with E-state index in [2.05, 4.69) is 32.7 Å². The number of anilines is 2. The fourth-order valence-electron chi connectivity index (χ4n) is 5.41. The van der Waals surface area contributed by atoms with Gasteiger partial charge in [0.25, 0.3) is 0 Å². The number of carboxylic acids is 1. The van der Waals surface area contributed by atoms with E-state index >= 15 is 0 Å². The lowest BCUT2D eigenvalue weighted by Crippen LogP contribution is -2.45. The number of nitrogens with zero attached hydrogens (tertiary/aromatic N) is 5. The lowest BCUT2D eigenvalue weighted by molar-refractivity contribution is -0.139. The van der Waals surface area contributed by atoms with Gasteiger partial charge in [-0.05, 0) is 62.4 Å². The summed E-state index contributed by atoms with van der Waals surface area (Å²) < 4.78 is 5.22. The molecule has 11 nitrogen and oxygen atoms in total. The van der Waals surface area contributed by atoms with Crippen LogP contribution in [0.2, 0.25) is 0 Å². The van der Waals surface area contributed by atoms with Crippen molar-refractivity contribution in [1.82, 2.24) is 25.3 Å². The number of rotatable bonds is 10. The Morgan fingerprint density at radius 3 is 2.51 bits per heavy atom. The topological polar surface area (TPSA) is 142 Å². The molecule has 1 aromatic carbocycles. The third-order valence-corrected chi connectivity index (χ3v) is 8.05. The zero-order valence-corrected chi connectivity index (χ0v) is 24.1. The molecular formula is C32H35N7O4. The first-order chi connectivity index (χ1) is 20.9. The van der Waals surface area contributed by atoms with Crippen molar-refractivity contribution < 1.29 is 19.4 Å². The Bertz CT molecular complexity index is 1600. The van der Waals surface area contributed by atoms with Crippen LogP contribution in [-0.4, -0.2) is 62.8 Å². The third-order valence-electron chi connectivity index (χ3n) is 8.05. The predicted octanol–water partition coefficient (Wildman–Crippen LogP) is 4.78. The van der Waals surface area contributed by atoms with Crippen LogP contribution in [0.5, 0.6) is 0 Å². The van der Waals surface area contributed by atoms with Crippen LogP contribution in [0.1, 0.15) is 60.2 Å². The van der Waals surface area contributed by atoms with Crippen molar-refractivity contribution >= 4 is 34.7 Å². The lowest BCUT2D eigenvalue weighted by atomic mass is 9.92. The highest BCUT2D eigenvalue weighted by atomic mass is 16.5. The number of hydrogen-bond donors (Lipinski definition) is 3. The minimum absolute atomic E-state index is 0.0517. The minimum Gasteiger partial charge on any atom is -0.480 e. The number of ether oxygens (including phenoxy) is 1. The predicted molar refractivity (Wildman–Crippen MR) is 162 cm³/mol. The fraction of sp³-hybridized carbons (Fsp3) is 0.375. The Morgan fingerprint density at radius 1 is 0.977 bits per heavy atom. The van der Waals surface area contributed by atoms with Gasteiger partial charge in [-0.25, -0.2) is 29.5 Å². The zero-order valence-electron chi connectivity index (χ0n) is 24.1. The van der Waals surface area contributed by atoms with E-state index < -0.39 is 18.1 Å². The van der Waals surface area contributed by atoms with Crippen molar-refractivity contribution in [3.63, 3.8) is 0 Å². The molecule has 2 fully saturated rings. The first-order valence-corrected chi connectivity index (χ1v) is 14.7. The number of nitrogens with one attached hydrogen (secondary N) is 2. The van der Waals surface area contributed by atoms with Crippen molar-refractivity contribution in [1.29, 1.82) is 0 Å². The summed E-state index contributed by atoms with van der Waals surface area (Å²) in [5.41, 5.74) is 3.51. The molecule has 1 atom stereocenters. The van der Waals surface area contributed by atoms with Crippen LogP contribution < -0.4 is 15.5 Å². The van der Waals surface area contributed by atoms with Crippen LogP contribution in [0.25, 0.3) is 11.0 Å². The number of aliphatic carboxylic acids is 1. The number of pyridine rings is 2. The number of piperidine rings is 1. The summed E-state index contributed by atoms with van der Waals surface area (Å²) in [6.45, 7) is 3.59. The summed E-state index contributed by atoms with van der Waals surface area (Å²) >= 11 is 0. The molecule has 1 aliphatic heterocycles. The second-order valence-corrected chi connectivity index (χ2v) is 11.2.